The molecule has 3 aliphatic rings. The first-order valence-electron chi connectivity index (χ1n) is 15.5. The van der Waals surface area contributed by atoms with Crippen molar-refractivity contribution in [3.8, 4) is 22.9 Å². The normalized spacial score (nSPS) is 19.5. The molecule has 5 aromatic rings. The lowest BCUT2D eigenvalue weighted by Gasteiger charge is -2.38. The van der Waals surface area contributed by atoms with E-state index < -0.39 is 5.60 Å². The molecule has 4 heteroatoms. The van der Waals surface area contributed by atoms with Gasteiger partial charge >= 0.3 is 0 Å². The lowest BCUT2D eigenvalue weighted by atomic mass is 9.76. The minimum atomic E-state index is -0.943. The Kier molecular flexibility index (Phi) is 5.97. The fourth-order valence-electron chi connectivity index (χ4n) is 7.75. The van der Waals surface area contributed by atoms with E-state index in [9.17, 15) is 9.65 Å². The molecule has 1 aliphatic carbocycles. The number of nitrogens with zero attached hydrogens (tertiary/aromatic N) is 2. The largest absolute Gasteiger partial charge is 0.472 e. The van der Waals surface area contributed by atoms with Gasteiger partial charge < -0.3 is 9.64 Å². The van der Waals surface area contributed by atoms with Crippen molar-refractivity contribution in [3.05, 3.63) is 136 Å². The van der Waals surface area contributed by atoms with Gasteiger partial charge in [0.05, 0.1) is 11.6 Å². The number of piperidine rings is 1. The standard InChI is InChI=1S/C40H33FN2O/c1-39(2)35-24-26(25-42)10-19-33(35)36-31-8-4-5-9-32(31)38-34(37(36)39)20-21-40(44-38,27-11-15-29(41)16-12-27)28-13-17-30(18-14-28)43-22-6-3-7-23-43/h4-5,8-21,24H,3,6-7,22-23H2,1-2H3. The quantitative estimate of drug-likeness (QED) is 0.215. The van der Waals surface area contributed by atoms with Crippen LogP contribution in [0.1, 0.15) is 66.5 Å². The fraction of sp³-hybridized carbons (Fsp3) is 0.225. The predicted octanol–water partition coefficient (Wildman–Crippen LogP) is 9.50. The van der Waals surface area contributed by atoms with Crippen LogP contribution in [0.15, 0.2) is 97.1 Å². The van der Waals surface area contributed by atoms with E-state index in [-0.39, 0.29) is 11.2 Å². The minimum Gasteiger partial charge on any atom is -0.472 e. The van der Waals surface area contributed by atoms with E-state index in [1.165, 1.54) is 53.8 Å². The van der Waals surface area contributed by atoms with Gasteiger partial charge in [-0.05, 0) is 89.4 Å². The van der Waals surface area contributed by atoms with Crippen LogP contribution in [0.3, 0.4) is 0 Å². The minimum absolute atomic E-state index is 0.274. The predicted molar refractivity (Wildman–Crippen MR) is 176 cm³/mol. The van der Waals surface area contributed by atoms with Crippen molar-refractivity contribution in [2.75, 3.05) is 18.0 Å². The summed E-state index contributed by atoms with van der Waals surface area (Å²) in [5, 5.41) is 11.9. The summed E-state index contributed by atoms with van der Waals surface area (Å²) in [6, 6.07) is 32.3. The lowest BCUT2D eigenvalue weighted by Crippen LogP contribution is -2.35. The van der Waals surface area contributed by atoms with Gasteiger partial charge in [-0.25, -0.2) is 4.39 Å². The molecule has 0 aromatic heterocycles. The molecule has 1 fully saturated rings. The van der Waals surface area contributed by atoms with E-state index >= 15 is 0 Å². The van der Waals surface area contributed by atoms with Gasteiger partial charge in [0.1, 0.15) is 11.6 Å². The second kappa shape index (κ2) is 9.82. The van der Waals surface area contributed by atoms with Crippen molar-refractivity contribution in [3.63, 3.8) is 0 Å². The molecule has 1 unspecified atom stereocenters. The molecule has 216 valence electrons. The van der Waals surface area contributed by atoms with E-state index in [0.29, 0.717) is 5.56 Å². The van der Waals surface area contributed by atoms with E-state index in [0.717, 1.165) is 51.9 Å². The van der Waals surface area contributed by atoms with Gasteiger partial charge in [-0.1, -0.05) is 74.5 Å². The Morgan fingerprint density at radius 2 is 1.50 bits per heavy atom. The molecule has 2 heterocycles. The maximum absolute atomic E-state index is 14.2. The molecule has 0 radical (unpaired) electrons. The molecular weight excluding hydrogens is 543 g/mol. The SMILES string of the molecule is CC1(C)c2cc(C#N)ccc2-c2c1c1c(c3ccccc23)OC(c2ccc(F)cc2)(c2ccc(N3CCCCC3)cc2)C=C1. The Morgan fingerprint density at radius 1 is 0.818 bits per heavy atom. The average molecular weight is 577 g/mol. The third kappa shape index (κ3) is 3.85. The molecule has 0 amide bonds. The Morgan fingerprint density at radius 3 is 2.20 bits per heavy atom. The topological polar surface area (TPSA) is 36.3 Å². The molecule has 0 spiro atoms. The molecule has 0 saturated carbocycles. The van der Waals surface area contributed by atoms with Crippen LogP contribution in [0.5, 0.6) is 5.75 Å². The molecule has 3 nitrogen and oxygen atoms in total. The zero-order valence-electron chi connectivity index (χ0n) is 25.0. The van der Waals surface area contributed by atoms with E-state index in [4.69, 9.17) is 4.74 Å². The molecule has 0 bridgehead atoms. The zero-order valence-corrected chi connectivity index (χ0v) is 25.0. The fourth-order valence-corrected chi connectivity index (χ4v) is 7.75. The van der Waals surface area contributed by atoms with Crippen LogP contribution in [0.2, 0.25) is 0 Å². The Hall–Kier alpha value is -4.88. The number of anilines is 1. The summed E-state index contributed by atoms with van der Waals surface area (Å²) in [4.78, 5) is 2.46. The number of hydrogen-bond donors (Lipinski definition) is 0. The highest BCUT2D eigenvalue weighted by Crippen LogP contribution is 2.58. The summed E-state index contributed by atoms with van der Waals surface area (Å²) < 4.78 is 21.5. The van der Waals surface area contributed by atoms with Gasteiger partial charge in [-0.3, -0.25) is 0 Å². The van der Waals surface area contributed by atoms with Crippen LogP contribution in [-0.4, -0.2) is 13.1 Å². The molecule has 8 rings (SSSR count). The molecule has 5 aromatic carbocycles. The van der Waals surface area contributed by atoms with Crippen molar-refractivity contribution in [2.45, 2.75) is 44.1 Å². The smallest absolute Gasteiger partial charge is 0.178 e. The molecular formula is C40H33FN2O. The summed E-state index contributed by atoms with van der Waals surface area (Å²) in [6.07, 6.45) is 8.09. The lowest BCUT2D eigenvalue weighted by molar-refractivity contribution is 0.163. The number of ether oxygens (including phenoxy) is 1. The maximum atomic E-state index is 14.2. The third-order valence-corrected chi connectivity index (χ3v) is 9.96. The van der Waals surface area contributed by atoms with Crippen LogP contribution >= 0.6 is 0 Å². The number of halogens is 1. The molecule has 2 aliphatic heterocycles. The Bertz CT molecular complexity index is 2010. The van der Waals surface area contributed by atoms with Gasteiger partial charge in [-0.15, -0.1) is 0 Å². The summed E-state index contributed by atoms with van der Waals surface area (Å²) in [7, 11) is 0. The van der Waals surface area contributed by atoms with Gasteiger partial charge in [0.25, 0.3) is 0 Å². The van der Waals surface area contributed by atoms with E-state index in [1.807, 2.05) is 24.3 Å². The number of nitriles is 1. The van der Waals surface area contributed by atoms with Crippen LogP contribution in [0.4, 0.5) is 10.1 Å². The molecule has 1 atom stereocenters. The van der Waals surface area contributed by atoms with E-state index in [2.05, 4.69) is 91.6 Å². The second-order valence-electron chi connectivity index (χ2n) is 12.8. The van der Waals surface area contributed by atoms with Crippen molar-refractivity contribution < 1.29 is 9.13 Å². The average Bonchev–Trinajstić information content (AvgIpc) is 3.31. The van der Waals surface area contributed by atoms with Gasteiger partial charge in [0, 0.05) is 46.3 Å². The number of benzene rings is 5. The van der Waals surface area contributed by atoms with Crippen LogP contribution in [-0.2, 0) is 11.0 Å². The first-order valence-corrected chi connectivity index (χ1v) is 15.5. The highest BCUT2D eigenvalue weighted by Gasteiger charge is 2.44. The monoisotopic (exact) mass is 576 g/mol. The summed E-state index contributed by atoms with van der Waals surface area (Å²) in [5.41, 5.74) is 8.27. The summed E-state index contributed by atoms with van der Waals surface area (Å²) >= 11 is 0. The van der Waals surface area contributed by atoms with Crippen molar-refractivity contribution in [2.24, 2.45) is 0 Å². The van der Waals surface area contributed by atoms with E-state index in [1.54, 1.807) is 0 Å². The second-order valence-corrected chi connectivity index (χ2v) is 12.8. The molecule has 0 N–H and O–H groups in total. The maximum Gasteiger partial charge on any atom is 0.178 e. The number of rotatable bonds is 3. The van der Waals surface area contributed by atoms with Crippen LogP contribution in [0, 0.1) is 17.1 Å². The van der Waals surface area contributed by atoms with Gasteiger partial charge in [0.2, 0.25) is 0 Å². The van der Waals surface area contributed by atoms with Crippen molar-refractivity contribution >= 4 is 22.5 Å². The van der Waals surface area contributed by atoms with Crippen LogP contribution in [0.25, 0.3) is 28.0 Å². The van der Waals surface area contributed by atoms with Crippen LogP contribution < -0.4 is 9.64 Å². The van der Waals surface area contributed by atoms with Crippen molar-refractivity contribution in [1.82, 2.24) is 0 Å². The Labute approximate surface area is 257 Å². The summed E-state index contributed by atoms with van der Waals surface area (Å²) in [5.74, 6) is 0.553. The number of fused-ring (bicyclic) bond motifs is 8. The van der Waals surface area contributed by atoms with Crippen molar-refractivity contribution in [1.29, 1.82) is 5.26 Å². The highest BCUT2D eigenvalue weighted by molar-refractivity contribution is 6.08. The molecule has 44 heavy (non-hydrogen) atoms. The number of hydrogen-bond acceptors (Lipinski definition) is 3. The van der Waals surface area contributed by atoms with Gasteiger partial charge in [0.15, 0.2) is 5.60 Å². The summed E-state index contributed by atoms with van der Waals surface area (Å²) in [6.45, 7) is 6.64. The third-order valence-electron chi connectivity index (χ3n) is 9.96. The van der Waals surface area contributed by atoms with Gasteiger partial charge in [-0.2, -0.15) is 5.26 Å². The highest BCUT2D eigenvalue weighted by atomic mass is 19.1. The first-order chi connectivity index (χ1) is 21.4. The Balaban J connectivity index is 1.35. The molecule has 1 saturated heterocycles. The first kappa shape index (κ1) is 26.7. The zero-order chi connectivity index (χ0) is 30.1.